The number of tetrazole rings is 1. The van der Waals surface area contributed by atoms with Crippen LogP contribution < -0.4 is 5.32 Å². The lowest BCUT2D eigenvalue weighted by Crippen LogP contribution is -2.41. The molecule has 0 aliphatic carbocycles. The Morgan fingerprint density at radius 1 is 1.26 bits per heavy atom. The van der Waals surface area contributed by atoms with Crippen LogP contribution in [0.5, 0.6) is 0 Å². The number of benzene rings is 1. The number of carbonyl (C=O) groups is 3. The van der Waals surface area contributed by atoms with E-state index in [2.05, 4.69) is 25.4 Å². The minimum Gasteiger partial charge on any atom is -0.376 e. The van der Waals surface area contributed by atoms with Gasteiger partial charge in [0.2, 0.25) is 0 Å². The minimum absolute atomic E-state index is 0.137. The molecule has 4 heterocycles. The third-order valence-electron chi connectivity index (χ3n) is 6.90. The van der Waals surface area contributed by atoms with Gasteiger partial charge in [-0.3, -0.25) is 14.5 Å². The first kappa shape index (κ1) is 22.9. The van der Waals surface area contributed by atoms with E-state index < -0.39 is 17.5 Å². The van der Waals surface area contributed by atoms with Gasteiger partial charge in [0.1, 0.15) is 11.9 Å². The molecule has 0 saturated carbocycles. The predicted molar refractivity (Wildman–Crippen MR) is 124 cm³/mol. The van der Waals surface area contributed by atoms with E-state index in [1.165, 1.54) is 11.0 Å². The van der Waals surface area contributed by atoms with Crippen molar-refractivity contribution in [3.63, 3.8) is 0 Å². The highest BCUT2D eigenvalue weighted by atomic mass is 16.5. The van der Waals surface area contributed by atoms with Crippen LogP contribution in [0.25, 0.3) is 5.69 Å². The Labute approximate surface area is 202 Å². The van der Waals surface area contributed by atoms with E-state index in [4.69, 9.17) is 4.74 Å². The van der Waals surface area contributed by atoms with Gasteiger partial charge in [-0.2, -0.15) is 0 Å². The summed E-state index contributed by atoms with van der Waals surface area (Å²) in [5.74, 6) is -0.773. The minimum atomic E-state index is -1.32. The van der Waals surface area contributed by atoms with E-state index in [1.807, 2.05) is 19.9 Å². The van der Waals surface area contributed by atoms with Gasteiger partial charge in [-0.05, 0) is 67.8 Å². The largest absolute Gasteiger partial charge is 0.376 e. The summed E-state index contributed by atoms with van der Waals surface area (Å²) < 4.78 is 9.28. The maximum atomic E-state index is 13.4. The van der Waals surface area contributed by atoms with Crippen molar-refractivity contribution in [1.29, 1.82) is 0 Å². The molecule has 2 aliphatic rings. The lowest BCUT2D eigenvalue weighted by Gasteiger charge is -2.22. The normalized spacial score (nSPS) is 22.1. The number of hydrogen-bond donors (Lipinski definition) is 1. The van der Waals surface area contributed by atoms with Crippen molar-refractivity contribution >= 4 is 17.7 Å². The van der Waals surface area contributed by atoms with Crippen molar-refractivity contribution in [3.05, 3.63) is 59.2 Å². The second-order valence-electron chi connectivity index (χ2n) is 9.20. The number of urea groups is 1. The van der Waals surface area contributed by atoms with Crippen molar-refractivity contribution in [2.45, 2.75) is 51.8 Å². The topological polar surface area (TPSA) is 124 Å². The number of amides is 3. The molecule has 3 amide bonds. The first-order valence-corrected chi connectivity index (χ1v) is 11.6. The monoisotopic (exact) mass is 477 g/mol. The van der Waals surface area contributed by atoms with E-state index in [0.29, 0.717) is 23.4 Å². The first-order chi connectivity index (χ1) is 16.8. The van der Waals surface area contributed by atoms with Crippen molar-refractivity contribution < 1.29 is 19.1 Å². The molecule has 0 radical (unpaired) electrons. The average Bonchev–Trinajstić information content (AvgIpc) is 3.64. The number of rotatable bonds is 7. The van der Waals surface area contributed by atoms with Gasteiger partial charge < -0.3 is 14.6 Å². The standard InChI is InChI=1S/C24H27N7O4/c1-15-10-20(16(2)29(15)12-19-8-5-9-35-19)21(32)13-30-22(33)24(3,26-23(30)34)17-6-4-7-18(11-17)31-14-25-27-28-31/h4,6-7,10-11,14,19H,5,8-9,12-13H2,1-3H3,(H,26,34)/t19-,24+/m0/s1. The molecule has 2 aliphatic heterocycles. The van der Waals surface area contributed by atoms with Crippen LogP contribution in [0.2, 0.25) is 0 Å². The van der Waals surface area contributed by atoms with Crippen LogP contribution in [0, 0.1) is 13.8 Å². The molecule has 1 N–H and O–H groups in total. The lowest BCUT2D eigenvalue weighted by molar-refractivity contribution is -0.130. The van der Waals surface area contributed by atoms with Gasteiger partial charge in [0, 0.05) is 30.1 Å². The Kier molecular flexibility index (Phi) is 5.72. The lowest BCUT2D eigenvalue weighted by atomic mass is 9.91. The zero-order valence-corrected chi connectivity index (χ0v) is 19.9. The number of Topliss-reactive ketones (excluding diaryl/α,β-unsaturated/α-hetero) is 1. The van der Waals surface area contributed by atoms with Gasteiger partial charge in [-0.1, -0.05) is 12.1 Å². The van der Waals surface area contributed by atoms with Crippen LogP contribution in [0.3, 0.4) is 0 Å². The van der Waals surface area contributed by atoms with Gasteiger partial charge in [0.15, 0.2) is 5.78 Å². The molecule has 2 fully saturated rings. The number of aromatic nitrogens is 5. The number of ketones is 1. The quantitative estimate of drug-likeness (QED) is 0.407. The molecule has 11 nitrogen and oxygen atoms in total. The fraction of sp³-hybridized carbons (Fsp3) is 0.417. The summed E-state index contributed by atoms with van der Waals surface area (Å²) in [5.41, 5.74) is 2.15. The van der Waals surface area contributed by atoms with Gasteiger partial charge >= 0.3 is 6.03 Å². The summed E-state index contributed by atoms with van der Waals surface area (Å²) >= 11 is 0. The van der Waals surface area contributed by atoms with Crippen LogP contribution in [-0.4, -0.2) is 66.7 Å². The fourth-order valence-corrected chi connectivity index (χ4v) is 4.86. The Bertz CT molecular complexity index is 1290. The molecule has 2 saturated heterocycles. The number of ether oxygens (including phenoxy) is 1. The molecule has 2 atom stereocenters. The Morgan fingerprint density at radius 3 is 2.80 bits per heavy atom. The molecule has 35 heavy (non-hydrogen) atoms. The van der Waals surface area contributed by atoms with E-state index in [9.17, 15) is 14.4 Å². The van der Waals surface area contributed by atoms with Gasteiger partial charge in [0.05, 0.1) is 18.3 Å². The second-order valence-corrected chi connectivity index (χ2v) is 9.20. The smallest absolute Gasteiger partial charge is 0.325 e. The number of imide groups is 1. The third kappa shape index (κ3) is 4.01. The number of carbonyl (C=O) groups excluding carboxylic acids is 3. The average molecular weight is 478 g/mol. The van der Waals surface area contributed by atoms with Gasteiger partial charge in [0.25, 0.3) is 5.91 Å². The number of aryl methyl sites for hydroxylation is 1. The molecule has 2 aromatic heterocycles. The highest BCUT2D eigenvalue weighted by Gasteiger charge is 2.49. The summed E-state index contributed by atoms with van der Waals surface area (Å²) in [5, 5.41) is 13.9. The first-order valence-electron chi connectivity index (χ1n) is 11.6. The molecule has 0 spiro atoms. The number of nitrogens with one attached hydrogen (secondary N) is 1. The second kappa shape index (κ2) is 8.73. The number of nitrogens with zero attached hydrogens (tertiary/aromatic N) is 6. The van der Waals surface area contributed by atoms with Gasteiger partial charge in [-0.25, -0.2) is 9.48 Å². The molecule has 182 valence electrons. The molecular weight excluding hydrogens is 450 g/mol. The van der Waals surface area contributed by atoms with Crippen LogP contribution in [0.1, 0.15) is 47.1 Å². The molecule has 0 unspecified atom stereocenters. The Morgan fingerprint density at radius 2 is 2.09 bits per heavy atom. The molecule has 11 heteroatoms. The zero-order chi connectivity index (χ0) is 24.7. The maximum Gasteiger partial charge on any atom is 0.325 e. The summed E-state index contributed by atoms with van der Waals surface area (Å²) in [7, 11) is 0. The highest BCUT2D eigenvalue weighted by molar-refractivity contribution is 6.11. The van der Waals surface area contributed by atoms with E-state index in [1.54, 1.807) is 31.2 Å². The summed E-state index contributed by atoms with van der Waals surface area (Å²) in [4.78, 5) is 40.4. The van der Waals surface area contributed by atoms with Crippen molar-refractivity contribution in [2.24, 2.45) is 0 Å². The van der Waals surface area contributed by atoms with Crippen molar-refractivity contribution in [3.8, 4) is 5.69 Å². The Balaban J connectivity index is 1.36. The number of hydrogen-bond acceptors (Lipinski definition) is 7. The van der Waals surface area contributed by atoms with Crippen LogP contribution in [0.4, 0.5) is 4.79 Å². The summed E-state index contributed by atoms with van der Waals surface area (Å²) in [6.45, 7) is 6.57. The fourth-order valence-electron chi connectivity index (χ4n) is 4.86. The summed E-state index contributed by atoms with van der Waals surface area (Å²) in [6, 6.07) is 8.24. The van der Waals surface area contributed by atoms with E-state index in [0.717, 1.165) is 35.7 Å². The van der Waals surface area contributed by atoms with Gasteiger partial charge in [-0.15, -0.1) is 5.10 Å². The van der Waals surface area contributed by atoms with Crippen molar-refractivity contribution in [1.82, 2.24) is 35.0 Å². The zero-order valence-electron chi connectivity index (χ0n) is 19.9. The van der Waals surface area contributed by atoms with Crippen LogP contribution >= 0.6 is 0 Å². The highest BCUT2D eigenvalue weighted by Crippen LogP contribution is 2.30. The van der Waals surface area contributed by atoms with Crippen LogP contribution in [-0.2, 0) is 21.6 Å². The molecular formula is C24H27N7O4. The third-order valence-corrected chi connectivity index (χ3v) is 6.90. The maximum absolute atomic E-state index is 13.4. The Hall–Kier alpha value is -3.86. The molecule has 1 aromatic carbocycles. The van der Waals surface area contributed by atoms with E-state index in [-0.39, 0.29) is 18.4 Å². The molecule has 0 bridgehead atoms. The van der Waals surface area contributed by atoms with Crippen molar-refractivity contribution in [2.75, 3.05) is 13.2 Å². The molecule has 3 aromatic rings. The molecule has 5 rings (SSSR count). The summed E-state index contributed by atoms with van der Waals surface area (Å²) in [6.07, 6.45) is 3.62. The predicted octanol–water partition coefficient (Wildman–Crippen LogP) is 1.91. The van der Waals surface area contributed by atoms with Crippen LogP contribution in [0.15, 0.2) is 36.7 Å². The van der Waals surface area contributed by atoms with E-state index >= 15 is 0 Å². The SMILES string of the molecule is Cc1cc(C(=O)CN2C(=O)N[C@](C)(c3cccc(-n4cnnn4)c3)C2=O)c(C)n1C[C@@H]1CCCO1.